The Morgan fingerprint density at radius 2 is 2.44 bits per heavy atom. The maximum absolute atomic E-state index is 9.28. The molecule has 0 spiro atoms. The summed E-state index contributed by atoms with van der Waals surface area (Å²) in [5.74, 6) is 0.884. The van der Waals surface area contributed by atoms with E-state index in [1.165, 1.54) is 0 Å². The van der Waals surface area contributed by atoms with Crippen molar-refractivity contribution in [2.45, 2.75) is 19.4 Å². The number of ether oxygens (including phenoxy) is 1. The Morgan fingerprint density at radius 1 is 1.56 bits per heavy atom. The number of aliphatic hydroxyl groups excluding tert-OH is 1. The number of rotatable bonds is 3. The molecule has 0 bridgehead atoms. The number of nitrogens with zero attached hydrogens (tertiary/aromatic N) is 3. The quantitative estimate of drug-likeness (QED) is 0.795. The highest BCUT2D eigenvalue weighted by atomic mass is 16.5. The lowest BCUT2D eigenvalue weighted by atomic mass is 10.2. The average molecular weight is 223 g/mol. The number of morpholine rings is 1. The molecule has 1 aromatic rings. The summed E-state index contributed by atoms with van der Waals surface area (Å²) in [5.41, 5.74) is 1.02. The highest BCUT2D eigenvalue weighted by Gasteiger charge is 2.23. The zero-order chi connectivity index (χ0) is 11.4. The van der Waals surface area contributed by atoms with Crippen molar-refractivity contribution < 1.29 is 9.84 Å². The van der Waals surface area contributed by atoms with Crippen molar-refractivity contribution in [3.63, 3.8) is 0 Å². The van der Waals surface area contributed by atoms with Gasteiger partial charge in [-0.15, -0.1) is 0 Å². The lowest BCUT2D eigenvalue weighted by Crippen LogP contribution is -2.48. The predicted molar refractivity (Wildman–Crippen MR) is 60.4 cm³/mol. The molecule has 1 aliphatic heterocycles. The van der Waals surface area contributed by atoms with Crippen LogP contribution in [0.15, 0.2) is 12.4 Å². The van der Waals surface area contributed by atoms with E-state index in [0.717, 1.165) is 24.5 Å². The summed E-state index contributed by atoms with van der Waals surface area (Å²) in [6.45, 7) is 4.16. The molecule has 88 valence electrons. The molecule has 1 unspecified atom stereocenters. The van der Waals surface area contributed by atoms with Gasteiger partial charge >= 0.3 is 0 Å². The topological polar surface area (TPSA) is 58.5 Å². The summed E-state index contributed by atoms with van der Waals surface area (Å²) in [5, 5.41) is 9.28. The number of anilines is 1. The minimum absolute atomic E-state index is 0.00774. The number of hydrogen-bond donors (Lipinski definition) is 1. The molecule has 2 heterocycles. The number of aliphatic hydroxyl groups is 1. The molecule has 16 heavy (non-hydrogen) atoms. The Labute approximate surface area is 95.1 Å². The van der Waals surface area contributed by atoms with E-state index in [1.54, 1.807) is 6.33 Å². The van der Waals surface area contributed by atoms with Crippen LogP contribution in [-0.4, -0.2) is 47.5 Å². The average Bonchev–Trinajstić information content (AvgIpc) is 2.38. The Bertz CT molecular complexity index is 346. The highest BCUT2D eigenvalue weighted by Crippen LogP contribution is 2.17. The monoisotopic (exact) mass is 223 g/mol. The molecular formula is C11H17N3O2. The Kier molecular flexibility index (Phi) is 3.69. The molecule has 5 nitrogen and oxygen atoms in total. The van der Waals surface area contributed by atoms with E-state index < -0.39 is 0 Å². The third-order valence-electron chi connectivity index (χ3n) is 2.80. The van der Waals surface area contributed by atoms with Crippen LogP contribution in [0.2, 0.25) is 0 Å². The smallest absolute Gasteiger partial charge is 0.132 e. The molecule has 0 radical (unpaired) electrons. The number of aryl methyl sites for hydroxylation is 1. The molecule has 1 N–H and O–H groups in total. The van der Waals surface area contributed by atoms with Gasteiger partial charge in [0.1, 0.15) is 12.1 Å². The van der Waals surface area contributed by atoms with Crippen molar-refractivity contribution in [3.8, 4) is 0 Å². The Balaban J connectivity index is 2.20. The largest absolute Gasteiger partial charge is 0.394 e. The summed E-state index contributed by atoms with van der Waals surface area (Å²) in [7, 11) is 0. The van der Waals surface area contributed by atoms with E-state index >= 15 is 0 Å². The summed E-state index contributed by atoms with van der Waals surface area (Å²) in [4.78, 5) is 10.5. The van der Waals surface area contributed by atoms with Crippen LogP contribution in [0.1, 0.15) is 12.6 Å². The van der Waals surface area contributed by atoms with Crippen molar-refractivity contribution in [2.24, 2.45) is 0 Å². The van der Waals surface area contributed by atoms with E-state index in [4.69, 9.17) is 4.74 Å². The van der Waals surface area contributed by atoms with Gasteiger partial charge in [0.15, 0.2) is 0 Å². The molecule has 1 aliphatic rings. The summed E-state index contributed by atoms with van der Waals surface area (Å²) < 4.78 is 5.34. The molecule has 0 aliphatic carbocycles. The predicted octanol–water partition coefficient (Wildman–Crippen LogP) is 0.236. The molecule has 0 aromatic carbocycles. The first-order valence-corrected chi connectivity index (χ1v) is 5.61. The van der Waals surface area contributed by atoms with Gasteiger partial charge in [0.05, 0.1) is 25.9 Å². The molecular weight excluding hydrogens is 206 g/mol. The molecule has 1 aromatic heterocycles. The first kappa shape index (κ1) is 11.3. The Morgan fingerprint density at radius 3 is 3.19 bits per heavy atom. The van der Waals surface area contributed by atoms with Gasteiger partial charge in [-0.25, -0.2) is 9.97 Å². The maximum atomic E-state index is 9.28. The molecule has 1 atom stereocenters. The lowest BCUT2D eigenvalue weighted by molar-refractivity contribution is 0.0722. The number of hydrogen-bond acceptors (Lipinski definition) is 5. The molecule has 1 saturated heterocycles. The van der Waals surface area contributed by atoms with Crippen molar-refractivity contribution in [1.29, 1.82) is 0 Å². The van der Waals surface area contributed by atoms with E-state index in [2.05, 4.69) is 21.8 Å². The van der Waals surface area contributed by atoms with Gasteiger partial charge in [0.25, 0.3) is 0 Å². The highest BCUT2D eigenvalue weighted by molar-refractivity contribution is 5.40. The van der Waals surface area contributed by atoms with Crippen molar-refractivity contribution in [2.75, 3.05) is 31.3 Å². The molecule has 1 fully saturated rings. The van der Waals surface area contributed by atoms with Crippen LogP contribution in [0.25, 0.3) is 0 Å². The lowest BCUT2D eigenvalue weighted by Gasteiger charge is -2.35. The van der Waals surface area contributed by atoms with Gasteiger partial charge in [0.2, 0.25) is 0 Å². The van der Waals surface area contributed by atoms with E-state index in [-0.39, 0.29) is 12.6 Å². The van der Waals surface area contributed by atoms with E-state index in [0.29, 0.717) is 13.2 Å². The van der Waals surface area contributed by atoms with Crippen LogP contribution in [0.3, 0.4) is 0 Å². The van der Waals surface area contributed by atoms with Gasteiger partial charge in [-0.1, -0.05) is 6.92 Å². The second kappa shape index (κ2) is 5.23. The van der Waals surface area contributed by atoms with Crippen LogP contribution < -0.4 is 4.90 Å². The van der Waals surface area contributed by atoms with Crippen LogP contribution >= 0.6 is 0 Å². The standard InChI is InChI=1S/C11H17N3O2/c1-2-9-5-11(13-8-12-9)14-3-4-16-7-10(14)6-15/h5,8,10,15H,2-4,6-7H2,1H3. The first-order chi connectivity index (χ1) is 7.85. The normalized spacial score (nSPS) is 21.1. The van der Waals surface area contributed by atoms with Gasteiger partial charge in [-0.05, 0) is 6.42 Å². The van der Waals surface area contributed by atoms with Gasteiger partial charge in [-0.2, -0.15) is 0 Å². The van der Waals surface area contributed by atoms with Crippen molar-refractivity contribution >= 4 is 5.82 Å². The molecule has 5 heteroatoms. The fourth-order valence-corrected chi connectivity index (χ4v) is 1.84. The van der Waals surface area contributed by atoms with Gasteiger partial charge in [-0.3, -0.25) is 0 Å². The fourth-order valence-electron chi connectivity index (χ4n) is 1.84. The minimum atomic E-state index is 0.00774. The summed E-state index contributed by atoms with van der Waals surface area (Å²) in [6, 6.07) is 1.99. The SMILES string of the molecule is CCc1cc(N2CCOCC2CO)ncn1. The zero-order valence-corrected chi connectivity index (χ0v) is 9.46. The third-order valence-corrected chi connectivity index (χ3v) is 2.80. The van der Waals surface area contributed by atoms with Crippen molar-refractivity contribution in [3.05, 3.63) is 18.1 Å². The zero-order valence-electron chi connectivity index (χ0n) is 9.46. The van der Waals surface area contributed by atoms with E-state index in [1.807, 2.05) is 6.07 Å². The Hall–Kier alpha value is -1.20. The van der Waals surface area contributed by atoms with Gasteiger partial charge < -0.3 is 14.7 Å². The van der Waals surface area contributed by atoms with Crippen molar-refractivity contribution in [1.82, 2.24) is 9.97 Å². The fraction of sp³-hybridized carbons (Fsp3) is 0.636. The first-order valence-electron chi connectivity index (χ1n) is 5.61. The van der Waals surface area contributed by atoms with Crippen LogP contribution in [0.4, 0.5) is 5.82 Å². The summed E-state index contributed by atoms with van der Waals surface area (Å²) in [6.07, 6.45) is 2.47. The van der Waals surface area contributed by atoms with Gasteiger partial charge in [0, 0.05) is 18.3 Å². The minimum Gasteiger partial charge on any atom is -0.394 e. The van der Waals surface area contributed by atoms with Crippen LogP contribution in [0, 0.1) is 0 Å². The third kappa shape index (κ3) is 2.31. The second-order valence-electron chi connectivity index (χ2n) is 3.83. The molecule has 2 rings (SSSR count). The molecule has 0 amide bonds. The van der Waals surface area contributed by atoms with Crippen LogP contribution in [-0.2, 0) is 11.2 Å². The van der Waals surface area contributed by atoms with Crippen LogP contribution in [0.5, 0.6) is 0 Å². The van der Waals surface area contributed by atoms with E-state index in [9.17, 15) is 5.11 Å². The number of aromatic nitrogens is 2. The maximum Gasteiger partial charge on any atom is 0.132 e. The molecule has 0 saturated carbocycles. The second-order valence-corrected chi connectivity index (χ2v) is 3.83. The summed E-state index contributed by atoms with van der Waals surface area (Å²) >= 11 is 0.